The fraction of sp³-hybridized carbons (Fsp3) is 0.472. The number of hydrogen-bond donors (Lipinski definition) is 1. The maximum atomic E-state index is 15.0. The predicted octanol–water partition coefficient (Wildman–Crippen LogP) is 5.54. The van der Waals surface area contributed by atoms with E-state index in [4.69, 9.17) is 0 Å². The highest BCUT2D eigenvalue weighted by Crippen LogP contribution is 2.67. The summed E-state index contributed by atoms with van der Waals surface area (Å²) in [4.78, 5) is 49.4. The number of nitrogens with zero attached hydrogens (tertiary/aromatic N) is 3. The van der Waals surface area contributed by atoms with Crippen molar-refractivity contribution in [1.29, 1.82) is 0 Å². The van der Waals surface area contributed by atoms with E-state index in [9.17, 15) is 14.7 Å². The van der Waals surface area contributed by atoms with Crippen molar-refractivity contribution in [2.75, 3.05) is 29.5 Å². The minimum atomic E-state index is -0.812. The van der Waals surface area contributed by atoms with E-state index in [2.05, 4.69) is 27.0 Å². The van der Waals surface area contributed by atoms with Crippen LogP contribution >= 0.6 is 11.8 Å². The second-order valence-electron chi connectivity index (χ2n) is 12.9. The lowest BCUT2D eigenvalue weighted by molar-refractivity contribution is -0.142. The number of benzene rings is 2. The number of fused-ring (bicyclic) bond motifs is 1. The number of para-hydroxylation sites is 1. The number of aryl methyl sites for hydroxylation is 2. The summed E-state index contributed by atoms with van der Waals surface area (Å²) < 4.78 is -0.767. The van der Waals surface area contributed by atoms with Gasteiger partial charge in [-0.2, -0.15) is 0 Å². The zero-order valence-corrected chi connectivity index (χ0v) is 27.1. The molecular weight excluding hydrogens is 570 g/mol. The number of amides is 3. The van der Waals surface area contributed by atoms with E-state index in [0.717, 1.165) is 28.9 Å². The Kier molecular flexibility index (Phi) is 9.42. The molecule has 5 rings (SSSR count). The summed E-state index contributed by atoms with van der Waals surface area (Å²) in [6.07, 6.45) is 5.39. The Morgan fingerprint density at radius 3 is 2.39 bits per heavy atom. The first-order valence-electron chi connectivity index (χ1n) is 15.7. The largest absolute Gasteiger partial charge is 0.394 e. The predicted molar refractivity (Wildman–Crippen MR) is 179 cm³/mol. The van der Waals surface area contributed by atoms with E-state index in [1.807, 2.05) is 62.4 Å². The van der Waals surface area contributed by atoms with Crippen molar-refractivity contribution in [3.63, 3.8) is 0 Å². The van der Waals surface area contributed by atoms with Crippen molar-refractivity contribution < 1.29 is 19.5 Å². The lowest BCUT2D eigenvalue weighted by atomic mass is 9.70. The van der Waals surface area contributed by atoms with Gasteiger partial charge in [0.1, 0.15) is 6.04 Å². The van der Waals surface area contributed by atoms with Crippen LogP contribution in [0.25, 0.3) is 0 Å². The Labute approximate surface area is 266 Å². The standard InChI is InChI=1S/C36H45N3O4S/c1-7-18-37(26-12-10-9-11-13-26)33(41)30-29-16-17-36(44-29)31(30)34(42)39(27(22-40)20-23(3)4)32(36)35(43)38(19-8-2)28-21-24(5)14-15-25(28)6/h7-15,21,23,27,29-32,40H,1-2,16-20,22H2,3-6H3/t27-,29-,30+,31+,32?,36?/m1/s1. The van der Waals surface area contributed by atoms with Gasteiger partial charge in [-0.25, -0.2) is 0 Å². The van der Waals surface area contributed by atoms with Crippen molar-refractivity contribution in [3.8, 4) is 0 Å². The fourth-order valence-electron chi connectivity index (χ4n) is 7.70. The third-order valence-electron chi connectivity index (χ3n) is 9.48. The molecule has 1 N–H and O–H groups in total. The monoisotopic (exact) mass is 615 g/mol. The molecule has 3 aliphatic rings. The van der Waals surface area contributed by atoms with Gasteiger partial charge in [-0.3, -0.25) is 14.4 Å². The minimum Gasteiger partial charge on any atom is -0.394 e. The average Bonchev–Trinajstić information content (AvgIpc) is 3.66. The van der Waals surface area contributed by atoms with Crippen LogP contribution in [0, 0.1) is 31.6 Å². The van der Waals surface area contributed by atoms with Crippen LogP contribution < -0.4 is 9.80 Å². The number of aliphatic hydroxyl groups is 1. The molecule has 3 aliphatic heterocycles. The zero-order valence-electron chi connectivity index (χ0n) is 26.3. The number of likely N-dealkylation sites (tertiary alicyclic amines) is 1. The molecule has 2 aromatic carbocycles. The van der Waals surface area contributed by atoms with Gasteiger partial charge in [0.2, 0.25) is 11.8 Å². The first kappa shape index (κ1) is 32.0. The molecule has 0 aliphatic carbocycles. The van der Waals surface area contributed by atoms with Crippen LogP contribution in [0.15, 0.2) is 73.8 Å². The molecule has 0 aromatic heterocycles. The lowest BCUT2D eigenvalue weighted by Gasteiger charge is -2.40. The van der Waals surface area contributed by atoms with Crippen LogP contribution in [0.3, 0.4) is 0 Å². The fourth-order valence-corrected chi connectivity index (χ4v) is 9.89. The SMILES string of the molecule is C=CCN(C(=O)[C@@H]1[C@H]2C(=O)N([C@@H](CO)CC(C)C)C(C(=O)N(CC=C)c3cc(C)ccc3C)C23CC[C@H]1S3)c1ccccc1. The molecule has 234 valence electrons. The van der Waals surface area contributed by atoms with Crippen molar-refractivity contribution in [2.45, 2.75) is 69.0 Å². The van der Waals surface area contributed by atoms with E-state index in [1.54, 1.807) is 38.6 Å². The minimum absolute atomic E-state index is 0.0730. The third-order valence-corrected chi connectivity index (χ3v) is 11.4. The lowest BCUT2D eigenvalue weighted by Crippen LogP contribution is -2.58. The molecular formula is C36H45N3O4S. The van der Waals surface area contributed by atoms with Crippen LogP contribution in [0.2, 0.25) is 0 Å². The average molecular weight is 616 g/mol. The van der Waals surface area contributed by atoms with Gasteiger partial charge in [-0.1, -0.05) is 56.3 Å². The Morgan fingerprint density at radius 1 is 1.07 bits per heavy atom. The highest BCUT2D eigenvalue weighted by molar-refractivity contribution is 8.02. The van der Waals surface area contributed by atoms with E-state index in [0.29, 0.717) is 19.4 Å². The maximum absolute atomic E-state index is 15.0. The van der Waals surface area contributed by atoms with Crippen LogP contribution in [-0.2, 0) is 14.4 Å². The van der Waals surface area contributed by atoms with Crippen molar-refractivity contribution in [1.82, 2.24) is 4.90 Å². The van der Waals surface area contributed by atoms with Crippen LogP contribution in [-0.4, -0.2) is 69.5 Å². The van der Waals surface area contributed by atoms with Crippen LogP contribution in [0.4, 0.5) is 11.4 Å². The first-order valence-corrected chi connectivity index (χ1v) is 16.5. The molecule has 1 spiro atoms. The highest BCUT2D eigenvalue weighted by atomic mass is 32.2. The Bertz CT molecular complexity index is 1430. The molecule has 3 amide bonds. The molecule has 6 atom stereocenters. The topological polar surface area (TPSA) is 81.2 Å². The zero-order chi connectivity index (χ0) is 31.8. The van der Waals surface area contributed by atoms with Crippen LogP contribution in [0.5, 0.6) is 0 Å². The summed E-state index contributed by atoms with van der Waals surface area (Å²) >= 11 is 1.65. The summed E-state index contributed by atoms with van der Waals surface area (Å²) in [6.45, 7) is 16.3. The molecule has 3 saturated heterocycles. The molecule has 2 aromatic rings. The number of thioether (sulfide) groups is 1. The summed E-state index contributed by atoms with van der Waals surface area (Å²) in [6, 6.07) is 14.2. The maximum Gasteiger partial charge on any atom is 0.251 e. The van der Waals surface area contributed by atoms with Gasteiger partial charge in [0.05, 0.1) is 29.2 Å². The van der Waals surface area contributed by atoms with E-state index in [1.165, 1.54) is 0 Å². The molecule has 7 nitrogen and oxygen atoms in total. The molecule has 2 unspecified atom stereocenters. The van der Waals surface area contributed by atoms with Gasteiger partial charge >= 0.3 is 0 Å². The van der Waals surface area contributed by atoms with Crippen molar-refractivity contribution >= 4 is 40.9 Å². The van der Waals surface area contributed by atoms with E-state index >= 15 is 4.79 Å². The normalized spacial score (nSPS) is 26.0. The summed E-state index contributed by atoms with van der Waals surface area (Å²) in [5, 5.41) is 10.6. The second kappa shape index (κ2) is 12.9. The highest BCUT2D eigenvalue weighted by Gasteiger charge is 2.74. The molecule has 8 heteroatoms. The summed E-state index contributed by atoms with van der Waals surface area (Å²) in [7, 11) is 0. The van der Waals surface area contributed by atoms with Gasteiger partial charge in [-0.15, -0.1) is 24.9 Å². The van der Waals surface area contributed by atoms with Gasteiger partial charge in [0.15, 0.2) is 0 Å². The molecule has 44 heavy (non-hydrogen) atoms. The Morgan fingerprint density at radius 2 is 1.75 bits per heavy atom. The quantitative estimate of drug-likeness (QED) is 0.317. The third kappa shape index (κ3) is 5.40. The van der Waals surface area contributed by atoms with E-state index in [-0.39, 0.29) is 42.0 Å². The van der Waals surface area contributed by atoms with Crippen molar-refractivity contribution in [3.05, 3.63) is 85.0 Å². The second-order valence-corrected chi connectivity index (χ2v) is 14.5. The number of aliphatic hydroxyl groups excluding tert-OH is 1. The number of hydrogen-bond acceptors (Lipinski definition) is 5. The van der Waals surface area contributed by atoms with Crippen molar-refractivity contribution in [2.24, 2.45) is 17.8 Å². The molecule has 3 heterocycles. The van der Waals surface area contributed by atoms with Gasteiger partial charge in [0.25, 0.3) is 5.91 Å². The molecule has 0 saturated carbocycles. The molecule has 2 bridgehead atoms. The number of anilines is 2. The van der Waals surface area contributed by atoms with E-state index < -0.39 is 28.7 Å². The van der Waals surface area contributed by atoms with Crippen LogP contribution in [0.1, 0.15) is 44.2 Å². The van der Waals surface area contributed by atoms with Gasteiger partial charge < -0.3 is 19.8 Å². The Balaban J connectivity index is 1.62. The smallest absolute Gasteiger partial charge is 0.251 e. The number of carbonyl (C=O) groups excluding carboxylic acids is 3. The molecule has 3 fully saturated rings. The van der Waals surface area contributed by atoms with Gasteiger partial charge in [0, 0.05) is 29.7 Å². The first-order chi connectivity index (χ1) is 21.1. The number of rotatable bonds is 12. The summed E-state index contributed by atoms with van der Waals surface area (Å²) in [5.74, 6) is -1.52. The van der Waals surface area contributed by atoms with Gasteiger partial charge in [-0.05, 0) is 68.4 Å². The summed E-state index contributed by atoms with van der Waals surface area (Å²) in [5.41, 5.74) is 3.53. The Hall–Kier alpha value is -3.36. The number of carbonyl (C=O) groups is 3. The molecule has 0 radical (unpaired) electrons.